The molecule has 0 aromatic heterocycles. The highest BCUT2D eigenvalue weighted by Crippen LogP contribution is 2.42. The van der Waals surface area contributed by atoms with Gasteiger partial charge in [0.05, 0.1) is 18.2 Å². The van der Waals surface area contributed by atoms with Crippen molar-refractivity contribution in [3.63, 3.8) is 0 Å². The number of hydrogen-bond donors (Lipinski definition) is 3. The number of nitrogens with one attached hydrogen (secondary N) is 1. The first kappa shape index (κ1) is 23.6. The standard InChI is InChI=1S/C22H21Cl3N2O4/c23-14-4-2-13(3-5-14)20(29)18-19(16-7-6-15(24)12-17(16)25)27(22(31)21(18)30)10-1-8-26-9-11-28/h2-7,12,19,26,28-29H,1,8-11H2/b20-18-. The van der Waals surface area contributed by atoms with E-state index in [9.17, 15) is 14.7 Å². The summed E-state index contributed by atoms with van der Waals surface area (Å²) in [4.78, 5) is 27.2. The number of halogens is 3. The first-order chi connectivity index (χ1) is 14.8. The lowest BCUT2D eigenvalue weighted by Crippen LogP contribution is -2.33. The van der Waals surface area contributed by atoms with Gasteiger partial charge in [-0.3, -0.25) is 9.59 Å². The summed E-state index contributed by atoms with van der Waals surface area (Å²) in [7, 11) is 0. The fourth-order valence-corrected chi connectivity index (χ4v) is 4.14. The molecule has 1 amide bonds. The Hall–Kier alpha value is -2.09. The number of benzene rings is 2. The van der Waals surface area contributed by atoms with Crippen molar-refractivity contribution in [2.45, 2.75) is 12.5 Å². The molecule has 2 aromatic rings. The smallest absolute Gasteiger partial charge is 0.295 e. The molecule has 1 aliphatic rings. The summed E-state index contributed by atoms with van der Waals surface area (Å²) < 4.78 is 0. The van der Waals surface area contributed by atoms with E-state index in [0.717, 1.165) is 0 Å². The normalized spacial score (nSPS) is 18.1. The van der Waals surface area contributed by atoms with Crippen LogP contribution in [0.15, 0.2) is 48.0 Å². The van der Waals surface area contributed by atoms with Crippen molar-refractivity contribution >= 4 is 52.3 Å². The second kappa shape index (κ2) is 10.5. The molecular weight excluding hydrogens is 463 g/mol. The maximum Gasteiger partial charge on any atom is 0.295 e. The minimum Gasteiger partial charge on any atom is -0.507 e. The average Bonchev–Trinajstić information content (AvgIpc) is 2.98. The Morgan fingerprint density at radius 2 is 1.68 bits per heavy atom. The van der Waals surface area contributed by atoms with Crippen LogP contribution in [0, 0.1) is 0 Å². The minimum atomic E-state index is -0.863. The third-order valence-corrected chi connectivity index (χ3v) is 5.77. The molecule has 1 fully saturated rings. The lowest BCUT2D eigenvalue weighted by molar-refractivity contribution is -0.139. The molecule has 0 aliphatic carbocycles. The molecule has 1 heterocycles. The Labute approximate surface area is 195 Å². The molecule has 3 rings (SSSR count). The lowest BCUT2D eigenvalue weighted by Gasteiger charge is -2.26. The molecule has 2 aromatic carbocycles. The number of nitrogens with zero attached hydrogens (tertiary/aromatic N) is 1. The Morgan fingerprint density at radius 1 is 1.00 bits per heavy atom. The summed E-state index contributed by atoms with van der Waals surface area (Å²) in [5.74, 6) is -1.80. The van der Waals surface area contributed by atoms with Crippen LogP contribution in [0.3, 0.4) is 0 Å². The molecule has 1 saturated heterocycles. The van der Waals surface area contributed by atoms with Crippen molar-refractivity contribution in [1.29, 1.82) is 0 Å². The first-order valence-electron chi connectivity index (χ1n) is 9.66. The number of aliphatic hydroxyl groups is 2. The summed E-state index contributed by atoms with van der Waals surface area (Å²) in [6.45, 7) is 1.24. The molecule has 0 radical (unpaired) electrons. The summed E-state index contributed by atoms with van der Waals surface area (Å²) in [6, 6.07) is 10.3. The highest BCUT2D eigenvalue weighted by molar-refractivity contribution is 6.47. The van der Waals surface area contributed by atoms with Gasteiger partial charge in [-0.25, -0.2) is 0 Å². The number of hydrogen-bond acceptors (Lipinski definition) is 5. The predicted octanol–water partition coefficient (Wildman–Crippen LogP) is 4.04. The molecule has 1 aliphatic heterocycles. The summed E-state index contributed by atoms with van der Waals surface area (Å²) >= 11 is 18.4. The van der Waals surface area contributed by atoms with Gasteiger partial charge in [0.15, 0.2) is 0 Å². The van der Waals surface area contributed by atoms with Crippen LogP contribution in [-0.4, -0.2) is 53.0 Å². The van der Waals surface area contributed by atoms with Crippen molar-refractivity contribution in [3.05, 3.63) is 74.2 Å². The van der Waals surface area contributed by atoms with Crippen LogP contribution in [0.1, 0.15) is 23.6 Å². The second-order valence-corrected chi connectivity index (χ2v) is 8.27. The van der Waals surface area contributed by atoms with Crippen LogP contribution in [0.4, 0.5) is 0 Å². The number of ketones is 1. The molecule has 1 unspecified atom stereocenters. The number of rotatable bonds is 8. The van der Waals surface area contributed by atoms with Gasteiger partial charge in [0.25, 0.3) is 11.7 Å². The first-order valence-corrected chi connectivity index (χ1v) is 10.8. The van der Waals surface area contributed by atoms with E-state index in [0.29, 0.717) is 40.7 Å². The minimum absolute atomic E-state index is 0.00594. The highest BCUT2D eigenvalue weighted by atomic mass is 35.5. The van der Waals surface area contributed by atoms with Gasteiger partial charge in [-0.2, -0.15) is 0 Å². The van der Waals surface area contributed by atoms with E-state index in [2.05, 4.69) is 5.32 Å². The van der Waals surface area contributed by atoms with Crippen molar-refractivity contribution in [3.8, 4) is 0 Å². The topological polar surface area (TPSA) is 89.9 Å². The molecule has 3 N–H and O–H groups in total. The maximum atomic E-state index is 12.9. The van der Waals surface area contributed by atoms with E-state index in [1.807, 2.05) is 0 Å². The summed E-state index contributed by atoms with van der Waals surface area (Å²) in [5, 5.41) is 24.0. The largest absolute Gasteiger partial charge is 0.507 e. The molecule has 164 valence electrons. The van der Waals surface area contributed by atoms with Crippen molar-refractivity contribution < 1.29 is 19.8 Å². The fraction of sp³-hybridized carbons (Fsp3) is 0.273. The quantitative estimate of drug-likeness (QED) is 0.228. The molecule has 31 heavy (non-hydrogen) atoms. The SMILES string of the molecule is O=C1C(=O)N(CCCNCCO)C(c2ccc(Cl)cc2Cl)/C1=C(/O)c1ccc(Cl)cc1. The molecule has 1 atom stereocenters. The van der Waals surface area contributed by atoms with Crippen molar-refractivity contribution in [1.82, 2.24) is 10.2 Å². The molecular formula is C22H21Cl3N2O4. The zero-order valence-electron chi connectivity index (χ0n) is 16.4. The van der Waals surface area contributed by atoms with E-state index in [1.165, 1.54) is 11.0 Å². The number of carbonyl (C=O) groups is 2. The van der Waals surface area contributed by atoms with E-state index in [4.69, 9.17) is 39.9 Å². The van der Waals surface area contributed by atoms with Gasteiger partial charge in [0.2, 0.25) is 0 Å². The Kier molecular flexibility index (Phi) is 7.97. The summed E-state index contributed by atoms with van der Waals surface area (Å²) in [6.07, 6.45) is 0.537. The van der Waals surface area contributed by atoms with Gasteiger partial charge in [-0.15, -0.1) is 0 Å². The van der Waals surface area contributed by atoms with Crippen LogP contribution < -0.4 is 5.32 Å². The monoisotopic (exact) mass is 482 g/mol. The van der Waals surface area contributed by atoms with Crippen molar-refractivity contribution in [2.24, 2.45) is 0 Å². The zero-order chi connectivity index (χ0) is 22.5. The van der Waals surface area contributed by atoms with Gasteiger partial charge in [-0.1, -0.05) is 40.9 Å². The molecule has 6 nitrogen and oxygen atoms in total. The number of amides is 1. The van der Waals surface area contributed by atoms with Gasteiger partial charge in [-0.05, 0) is 54.9 Å². The van der Waals surface area contributed by atoms with Gasteiger partial charge < -0.3 is 20.4 Å². The Morgan fingerprint density at radius 3 is 2.32 bits per heavy atom. The van der Waals surface area contributed by atoms with Crippen LogP contribution in [0.2, 0.25) is 15.1 Å². The fourth-order valence-electron chi connectivity index (χ4n) is 3.50. The highest BCUT2D eigenvalue weighted by Gasteiger charge is 2.46. The predicted molar refractivity (Wildman–Crippen MR) is 121 cm³/mol. The van der Waals surface area contributed by atoms with Crippen LogP contribution in [0.25, 0.3) is 5.76 Å². The summed E-state index contributed by atoms with van der Waals surface area (Å²) in [5.41, 5.74) is 0.811. The van der Waals surface area contributed by atoms with Crippen LogP contribution >= 0.6 is 34.8 Å². The Bertz CT molecular complexity index is 1010. The average molecular weight is 484 g/mol. The zero-order valence-corrected chi connectivity index (χ0v) is 18.7. The van der Waals surface area contributed by atoms with E-state index >= 15 is 0 Å². The van der Waals surface area contributed by atoms with Gasteiger partial charge in [0, 0.05) is 33.7 Å². The van der Waals surface area contributed by atoms with E-state index < -0.39 is 17.7 Å². The third-order valence-electron chi connectivity index (χ3n) is 4.96. The molecule has 0 saturated carbocycles. The molecule has 0 spiro atoms. The Balaban J connectivity index is 2.05. The van der Waals surface area contributed by atoms with E-state index in [-0.39, 0.29) is 29.5 Å². The van der Waals surface area contributed by atoms with Gasteiger partial charge >= 0.3 is 0 Å². The number of likely N-dealkylation sites (tertiary alicyclic amines) is 1. The molecule has 9 heteroatoms. The second-order valence-electron chi connectivity index (χ2n) is 6.99. The number of carbonyl (C=O) groups excluding carboxylic acids is 2. The number of Topliss-reactive ketones (excluding diaryl/α,β-unsaturated/α-hetero) is 1. The maximum absolute atomic E-state index is 12.9. The van der Waals surface area contributed by atoms with Crippen molar-refractivity contribution in [2.75, 3.05) is 26.2 Å². The third kappa shape index (κ3) is 5.22. The number of aliphatic hydroxyl groups excluding tert-OH is 2. The molecule has 0 bridgehead atoms. The van der Waals surface area contributed by atoms with E-state index in [1.54, 1.807) is 36.4 Å². The lowest BCUT2D eigenvalue weighted by atomic mass is 9.95. The van der Waals surface area contributed by atoms with Gasteiger partial charge in [0.1, 0.15) is 5.76 Å². The van der Waals surface area contributed by atoms with Crippen LogP contribution in [0.5, 0.6) is 0 Å². The van der Waals surface area contributed by atoms with Crippen LogP contribution in [-0.2, 0) is 9.59 Å².